The van der Waals surface area contributed by atoms with Crippen LogP contribution >= 0.6 is 11.6 Å². The first-order valence-electron chi connectivity index (χ1n) is 12.6. The Hall–Kier alpha value is -2.31. The average molecular weight is 501 g/mol. The first-order chi connectivity index (χ1) is 16.5. The highest BCUT2D eigenvalue weighted by Gasteiger charge is 2.50. The fourth-order valence-electron chi connectivity index (χ4n) is 6.51. The number of fused-ring (bicyclic) bond motifs is 4. The fourth-order valence-corrected chi connectivity index (χ4v) is 6.67. The van der Waals surface area contributed by atoms with E-state index in [-0.39, 0.29) is 29.4 Å². The summed E-state index contributed by atoms with van der Waals surface area (Å²) in [7, 11) is 0. The van der Waals surface area contributed by atoms with Gasteiger partial charge in [0.05, 0.1) is 23.2 Å². The zero-order valence-corrected chi connectivity index (χ0v) is 21.6. The number of ether oxygens (including phenoxy) is 1. The lowest BCUT2D eigenvalue weighted by Gasteiger charge is -2.51. The van der Waals surface area contributed by atoms with Crippen molar-refractivity contribution in [2.24, 2.45) is 11.3 Å². The SMILES string of the molecule is CC(C)Oc1cc(-c2cc3c(cc2F)[C@H](N(C(=O)O)[C@@H]2CN4CCC2CC4)C(C)(C)C3)ccc1Cl. The van der Waals surface area contributed by atoms with Crippen molar-refractivity contribution in [2.75, 3.05) is 19.6 Å². The number of rotatable bonds is 5. The van der Waals surface area contributed by atoms with Gasteiger partial charge in [0.15, 0.2) is 0 Å². The van der Waals surface area contributed by atoms with Crippen molar-refractivity contribution in [1.82, 2.24) is 9.80 Å². The number of amides is 1. The van der Waals surface area contributed by atoms with E-state index < -0.39 is 6.09 Å². The second-order valence-electron chi connectivity index (χ2n) is 11.3. The third-order valence-corrected chi connectivity index (χ3v) is 8.30. The monoisotopic (exact) mass is 500 g/mol. The molecule has 2 aromatic rings. The minimum atomic E-state index is -0.910. The van der Waals surface area contributed by atoms with Gasteiger partial charge in [-0.3, -0.25) is 4.90 Å². The van der Waals surface area contributed by atoms with Gasteiger partial charge < -0.3 is 14.7 Å². The number of benzene rings is 2. The van der Waals surface area contributed by atoms with Gasteiger partial charge in [-0.25, -0.2) is 9.18 Å². The first kappa shape index (κ1) is 24.4. The molecule has 2 aromatic carbocycles. The highest BCUT2D eigenvalue weighted by atomic mass is 35.5. The molecular weight excluding hydrogens is 467 g/mol. The largest absolute Gasteiger partial charge is 0.489 e. The summed E-state index contributed by atoms with van der Waals surface area (Å²) in [4.78, 5) is 16.7. The van der Waals surface area contributed by atoms with Crippen molar-refractivity contribution in [1.29, 1.82) is 0 Å². The van der Waals surface area contributed by atoms with Crippen molar-refractivity contribution in [2.45, 2.75) is 65.1 Å². The Morgan fingerprint density at radius 3 is 2.54 bits per heavy atom. The number of carboxylic acid groups (broad SMARTS) is 1. The minimum absolute atomic E-state index is 0.0532. The third-order valence-electron chi connectivity index (χ3n) is 7.99. The maximum atomic E-state index is 15.7. The second-order valence-corrected chi connectivity index (χ2v) is 11.7. The van der Waals surface area contributed by atoms with Crippen molar-refractivity contribution in [3.05, 3.63) is 52.3 Å². The first-order valence-corrected chi connectivity index (χ1v) is 13.0. The zero-order chi connectivity index (χ0) is 25.1. The van der Waals surface area contributed by atoms with Gasteiger partial charge in [-0.05, 0) is 98.5 Å². The molecular formula is C28H34ClFN2O3. The summed E-state index contributed by atoms with van der Waals surface area (Å²) in [6.45, 7) is 10.9. The van der Waals surface area contributed by atoms with Gasteiger partial charge in [-0.1, -0.05) is 31.5 Å². The smallest absolute Gasteiger partial charge is 0.408 e. The maximum absolute atomic E-state index is 15.7. The molecule has 0 aromatic heterocycles. The third kappa shape index (κ3) is 4.40. The molecule has 35 heavy (non-hydrogen) atoms. The van der Waals surface area contributed by atoms with Gasteiger partial charge in [-0.15, -0.1) is 0 Å². The number of hydrogen-bond acceptors (Lipinski definition) is 3. The number of nitrogens with zero attached hydrogens (tertiary/aromatic N) is 2. The molecule has 0 unspecified atom stereocenters. The lowest BCUT2D eigenvalue weighted by atomic mass is 9.79. The summed E-state index contributed by atoms with van der Waals surface area (Å²) in [5.41, 5.74) is 2.63. The summed E-state index contributed by atoms with van der Waals surface area (Å²) in [6, 6.07) is 8.34. The molecule has 3 fully saturated rings. The van der Waals surface area contributed by atoms with Gasteiger partial charge >= 0.3 is 6.09 Å². The van der Waals surface area contributed by atoms with Crippen LogP contribution in [0.15, 0.2) is 30.3 Å². The van der Waals surface area contributed by atoms with Crippen LogP contribution in [0, 0.1) is 17.2 Å². The van der Waals surface area contributed by atoms with E-state index in [9.17, 15) is 9.90 Å². The van der Waals surface area contributed by atoms with Crippen molar-refractivity contribution >= 4 is 17.7 Å². The molecule has 1 amide bonds. The molecule has 3 heterocycles. The van der Waals surface area contributed by atoms with Gasteiger partial charge in [0.2, 0.25) is 0 Å². The minimum Gasteiger partial charge on any atom is -0.489 e. The molecule has 4 aliphatic rings. The van der Waals surface area contributed by atoms with Crippen LogP contribution in [0.5, 0.6) is 5.75 Å². The molecule has 2 bridgehead atoms. The van der Waals surface area contributed by atoms with Gasteiger partial charge in [0.25, 0.3) is 0 Å². The van der Waals surface area contributed by atoms with E-state index in [1.165, 1.54) is 0 Å². The summed E-state index contributed by atoms with van der Waals surface area (Å²) in [5.74, 6) is 0.536. The van der Waals surface area contributed by atoms with Gasteiger partial charge in [0, 0.05) is 12.1 Å². The number of halogens is 2. The van der Waals surface area contributed by atoms with Crippen LogP contribution in [0.3, 0.4) is 0 Å². The Morgan fingerprint density at radius 2 is 1.94 bits per heavy atom. The molecule has 0 spiro atoms. The van der Waals surface area contributed by atoms with E-state index in [1.807, 2.05) is 19.9 Å². The predicted octanol–water partition coefficient (Wildman–Crippen LogP) is 6.63. The van der Waals surface area contributed by atoms with Crippen LogP contribution in [0.2, 0.25) is 5.02 Å². The fraction of sp³-hybridized carbons (Fsp3) is 0.536. The van der Waals surface area contributed by atoms with Crippen LogP contribution in [0.1, 0.15) is 57.7 Å². The van der Waals surface area contributed by atoms with E-state index in [2.05, 4.69) is 18.7 Å². The van der Waals surface area contributed by atoms with Crippen molar-refractivity contribution < 1.29 is 19.0 Å². The molecule has 3 aliphatic heterocycles. The molecule has 0 radical (unpaired) electrons. The molecule has 1 N–H and O–H groups in total. The molecule has 7 heteroatoms. The van der Waals surface area contributed by atoms with E-state index in [4.69, 9.17) is 16.3 Å². The van der Waals surface area contributed by atoms with E-state index >= 15 is 4.39 Å². The Balaban J connectivity index is 1.54. The number of piperidine rings is 3. The van der Waals surface area contributed by atoms with Crippen LogP contribution < -0.4 is 4.74 Å². The maximum Gasteiger partial charge on any atom is 0.408 e. The van der Waals surface area contributed by atoms with Gasteiger partial charge in [0.1, 0.15) is 11.6 Å². The van der Waals surface area contributed by atoms with E-state index in [0.29, 0.717) is 34.2 Å². The molecule has 1 aliphatic carbocycles. The standard InChI is InChI=1S/C28H34ClFN2O3/c1-16(2)35-25-12-18(5-6-22(25)29)20-11-19-14-28(3,4)26(21(19)13-23(20)30)32(27(33)34)24-15-31-9-7-17(24)8-10-31/h5-6,11-13,16-17,24,26H,7-10,14-15H2,1-4H3,(H,33,34)/t24-,26+/m1/s1. The summed E-state index contributed by atoms with van der Waals surface area (Å²) in [6.07, 6.45) is 1.78. The Kier molecular flexibility index (Phi) is 6.25. The predicted molar refractivity (Wildman–Crippen MR) is 136 cm³/mol. The number of hydrogen-bond donors (Lipinski definition) is 1. The Morgan fingerprint density at radius 1 is 1.23 bits per heavy atom. The normalized spacial score (nSPS) is 26.6. The van der Waals surface area contributed by atoms with Crippen LogP contribution in [0.25, 0.3) is 11.1 Å². The highest BCUT2D eigenvalue weighted by Crippen LogP contribution is 2.52. The van der Waals surface area contributed by atoms with E-state index in [0.717, 1.165) is 43.6 Å². The highest BCUT2D eigenvalue weighted by molar-refractivity contribution is 6.32. The quantitative estimate of drug-likeness (QED) is 0.500. The molecule has 3 saturated heterocycles. The lowest BCUT2D eigenvalue weighted by Crippen LogP contribution is -2.60. The van der Waals surface area contributed by atoms with E-state index in [1.54, 1.807) is 29.2 Å². The molecule has 188 valence electrons. The second kappa shape index (κ2) is 8.97. The summed E-state index contributed by atoms with van der Waals surface area (Å²) in [5, 5.41) is 10.9. The summed E-state index contributed by atoms with van der Waals surface area (Å²) < 4.78 is 21.5. The molecule has 5 nitrogen and oxygen atoms in total. The van der Waals surface area contributed by atoms with Crippen LogP contribution in [-0.2, 0) is 6.42 Å². The van der Waals surface area contributed by atoms with Gasteiger partial charge in [-0.2, -0.15) is 0 Å². The van der Waals surface area contributed by atoms with Crippen LogP contribution in [-0.4, -0.2) is 52.8 Å². The molecule has 0 saturated carbocycles. The average Bonchev–Trinajstić information content (AvgIpc) is 3.04. The van der Waals surface area contributed by atoms with Crippen LogP contribution in [0.4, 0.5) is 9.18 Å². The molecule has 2 atom stereocenters. The molecule has 6 rings (SSSR count). The Bertz CT molecular complexity index is 1140. The zero-order valence-electron chi connectivity index (χ0n) is 20.9. The number of carbonyl (C=O) groups is 1. The van der Waals surface area contributed by atoms with Crippen molar-refractivity contribution in [3.8, 4) is 16.9 Å². The summed E-state index contributed by atoms with van der Waals surface area (Å²) >= 11 is 6.30. The lowest BCUT2D eigenvalue weighted by molar-refractivity contribution is -0.0267. The topological polar surface area (TPSA) is 53.0 Å². The Labute approximate surface area is 211 Å². The van der Waals surface area contributed by atoms with Crippen molar-refractivity contribution in [3.63, 3.8) is 0 Å².